The van der Waals surface area contributed by atoms with Crippen LogP contribution in [0.4, 0.5) is 0 Å². The Bertz CT molecular complexity index is 9.61. The third kappa shape index (κ3) is 11.6. The van der Waals surface area contributed by atoms with Gasteiger partial charge in [-0.2, -0.15) is 0 Å². The summed E-state index contributed by atoms with van der Waals surface area (Å²) in [6, 6.07) is 0. The van der Waals surface area contributed by atoms with Crippen LogP contribution in [0.15, 0.2) is 0 Å². The molecule has 3 heteroatoms. The van der Waals surface area contributed by atoms with Gasteiger partial charge in [-0.25, -0.2) is 0 Å². The fraction of sp³-hybridized carbons (Fsp3) is 1.00. The summed E-state index contributed by atoms with van der Waals surface area (Å²) in [6.07, 6.45) is 0. The second-order valence-electron chi connectivity index (χ2n) is 0.577. The first kappa shape index (κ1) is 9.25. The fourth-order valence-electron chi connectivity index (χ4n) is 0. The molecule has 2 nitrogen and oxygen atoms in total. The molecular weight excluding hydrogens is 231 g/mol. The average molecular weight is 239 g/mol. The minimum atomic E-state index is 0. The van der Waals surface area contributed by atoms with E-state index in [0.717, 1.165) is 0 Å². The molecule has 0 saturated heterocycles. The third-order valence-electron chi connectivity index (χ3n) is 0.167. The van der Waals surface area contributed by atoms with Gasteiger partial charge >= 0.3 is 0 Å². The predicted octanol–water partition coefficient (Wildman–Crippen LogP) is -1.10. The normalized spacial score (nSPS) is 6.00. The maximum absolute atomic E-state index is 4.90. The van der Waals surface area contributed by atoms with Gasteiger partial charge in [0.25, 0.3) is 0 Å². The van der Waals surface area contributed by atoms with Crippen molar-refractivity contribution >= 4 is 0 Å². The van der Waals surface area contributed by atoms with Crippen molar-refractivity contribution in [2.45, 2.75) is 0 Å². The topological polar surface area (TPSA) is 52.0 Å². The Kier molecular flexibility index (Phi) is 16.3. The van der Waals surface area contributed by atoms with Crippen LogP contribution in [0.5, 0.6) is 0 Å². The van der Waals surface area contributed by atoms with E-state index in [-0.39, 0.29) is 25.8 Å². The van der Waals surface area contributed by atoms with Crippen molar-refractivity contribution in [2.75, 3.05) is 13.1 Å². The van der Waals surface area contributed by atoms with Gasteiger partial charge in [0.2, 0.25) is 0 Å². The molecule has 30 valence electrons. The molecular formula is C2H8HfN2. The zero-order chi connectivity index (χ0) is 3.41. The molecule has 0 rings (SSSR count). The Hall–Kier alpha value is 0.790. The van der Waals surface area contributed by atoms with Crippen molar-refractivity contribution in [3.8, 4) is 0 Å². The second kappa shape index (κ2) is 8.84. The van der Waals surface area contributed by atoms with Gasteiger partial charge in [0.15, 0.2) is 0 Å². The molecule has 0 aromatic carbocycles. The van der Waals surface area contributed by atoms with Gasteiger partial charge in [0.05, 0.1) is 0 Å². The monoisotopic (exact) mass is 240 g/mol. The van der Waals surface area contributed by atoms with Gasteiger partial charge in [-0.1, -0.05) is 0 Å². The van der Waals surface area contributed by atoms with Crippen LogP contribution in [0.2, 0.25) is 0 Å². The number of rotatable bonds is 1. The van der Waals surface area contributed by atoms with Gasteiger partial charge in [-0.3, -0.25) is 0 Å². The van der Waals surface area contributed by atoms with Crippen molar-refractivity contribution in [3.63, 3.8) is 0 Å². The summed E-state index contributed by atoms with van der Waals surface area (Å²) in [5.41, 5.74) is 9.81. The molecule has 0 heterocycles. The molecule has 0 unspecified atom stereocenters. The second-order valence-corrected chi connectivity index (χ2v) is 0.577. The molecule has 0 aliphatic carbocycles. The number of hydrogen-bond donors (Lipinski definition) is 2. The third-order valence-corrected chi connectivity index (χ3v) is 0.167. The van der Waals surface area contributed by atoms with Crippen LogP contribution in [0.25, 0.3) is 0 Å². The van der Waals surface area contributed by atoms with Crippen molar-refractivity contribution in [1.29, 1.82) is 0 Å². The van der Waals surface area contributed by atoms with Gasteiger partial charge in [0, 0.05) is 38.9 Å². The van der Waals surface area contributed by atoms with Gasteiger partial charge in [-0.05, 0) is 0 Å². The zero-order valence-electron chi connectivity index (χ0n) is 3.07. The molecule has 0 saturated carbocycles. The minimum absolute atomic E-state index is 0. The zero-order valence-corrected chi connectivity index (χ0v) is 6.66. The summed E-state index contributed by atoms with van der Waals surface area (Å²) >= 11 is 0. The van der Waals surface area contributed by atoms with E-state index in [1.807, 2.05) is 0 Å². The van der Waals surface area contributed by atoms with Crippen molar-refractivity contribution in [1.82, 2.24) is 0 Å². The fourth-order valence-corrected chi connectivity index (χ4v) is 0. The Morgan fingerprint density at radius 2 is 1.20 bits per heavy atom. The van der Waals surface area contributed by atoms with Crippen LogP contribution in [0.1, 0.15) is 0 Å². The summed E-state index contributed by atoms with van der Waals surface area (Å²) in [4.78, 5) is 0. The van der Waals surface area contributed by atoms with Crippen molar-refractivity contribution in [3.05, 3.63) is 0 Å². The van der Waals surface area contributed by atoms with E-state index in [1.54, 1.807) is 0 Å². The first-order valence-electron chi connectivity index (χ1n) is 1.32. The summed E-state index contributed by atoms with van der Waals surface area (Å²) < 4.78 is 0. The van der Waals surface area contributed by atoms with Crippen molar-refractivity contribution in [2.24, 2.45) is 11.5 Å². The largest absolute Gasteiger partial charge is 0.329 e. The van der Waals surface area contributed by atoms with Crippen LogP contribution in [-0.4, -0.2) is 13.1 Å². The molecule has 5 heavy (non-hydrogen) atoms. The van der Waals surface area contributed by atoms with Crippen LogP contribution in [0, 0.1) is 0 Å². The molecule has 0 bridgehead atoms. The molecule has 4 N–H and O–H groups in total. The van der Waals surface area contributed by atoms with Gasteiger partial charge in [-0.15, -0.1) is 0 Å². The van der Waals surface area contributed by atoms with Gasteiger partial charge in [0.1, 0.15) is 0 Å². The quantitative estimate of drug-likeness (QED) is 0.570. The van der Waals surface area contributed by atoms with Crippen molar-refractivity contribution < 1.29 is 25.8 Å². The molecule has 0 radical (unpaired) electrons. The Morgan fingerprint density at radius 1 is 1.00 bits per heavy atom. The Morgan fingerprint density at radius 3 is 1.20 bits per heavy atom. The number of nitrogens with two attached hydrogens (primary N) is 2. The molecule has 0 aliphatic rings. The average Bonchev–Trinajstić information content (AvgIpc) is 1.37. The molecule has 0 aromatic heterocycles. The van der Waals surface area contributed by atoms with Crippen LogP contribution in [0.3, 0.4) is 0 Å². The Labute approximate surface area is 50.7 Å². The summed E-state index contributed by atoms with van der Waals surface area (Å²) in [5.74, 6) is 0. The van der Waals surface area contributed by atoms with E-state index in [2.05, 4.69) is 0 Å². The molecule has 0 fully saturated rings. The summed E-state index contributed by atoms with van der Waals surface area (Å²) in [7, 11) is 0. The standard InChI is InChI=1S/C2H8N2.Hf/c3-1-2-4;/h1-4H2;. The molecule has 0 aliphatic heterocycles. The van der Waals surface area contributed by atoms with E-state index >= 15 is 0 Å². The number of hydrogen-bond acceptors (Lipinski definition) is 2. The smallest absolute Gasteiger partial charge is 0.00461 e. The molecule has 0 amide bonds. The molecule has 0 aromatic rings. The summed E-state index contributed by atoms with van der Waals surface area (Å²) in [6.45, 7) is 1.19. The first-order chi connectivity index (χ1) is 1.91. The SMILES string of the molecule is NCCN.[Hf]. The van der Waals surface area contributed by atoms with Crippen LogP contribution >= 0.6 is 0 Å². The Balaban J connectivity index is 0. The van der Waals surface area contributed by atoms with Crippen LogP contribution < -0.4 is 11.5 Å². The van der Waals surface area contributed by atoms with Crippen LogP contribution in [-0.2, 0) is 25.8 Å². The first-order valence-corrected chi connectivity index (χ1v) is 1.32. The van der Waals surface area contributed by atoms with E-state index < -0.39 is 0 Å². The van der Waals surface area contributed by atoms with E-state index in [1.165, 1.54) is 0 Å². The van der Waals surface area contributed by atoms with E-state index in [4.69, 9.17) is 11.5 Å². The minimum Gasteiger partial charge on any atom is -0.329 e. The molecule has 0 spiro atoms. The van der Waals surface area contributed by atoms with E-state index in [0.29, 0.717) is 13.1 Å². The summed E-state index contributed by atoms with van der Waals surface area (Å²) in [5, 5.41) is 0. The van der Waals surface area contributed by atoms with E-state index in [9.17, 15) is 0 Å². The predicted molar refractivity (Wildman–Crippen MR) is 18.1 cm³/mol. The molecule has 0 atom stereocenters. The van der Waals surface area contributed by atoms with Gasteiger partial charge < -0.3 is 11.5 Å². The maximum Gasteiger partial charge on any atom is 0.00461 e. The maximum atomic E-state index is 4.90.